The summed E-state index contributed by atoms with van der Waals surface area (Å²) >= 11 is 1.26. The molecule has 1 saturated heterocycles. The Bertz CT molecular complexity index is 905. The number of thioether (sulfide) groups is 1. The van der Waals surface area contributed by atoms with Crippen LogP contribution in [0.4, 0.5) is 5.69 Å². The Morgan fingerprint density at radius 3 is 2.69 bits per heavy atom. The predicted octanol–water partition coefficient (Wildman–Crippen LogP) is 3.57. The minimum absolute atomic E-state index is 0.167. The second-order valence-corrected chi connectivity index (χ2v) is 6.36. The molecule has 7 heteroatoms. The number of nitrogens with zero attached hydrogens (tertiary/aromatic N) is 3. The highest BCUT2D eigenvalue weighted by atomic mass is 32.2. The molecule has 0 spiro atoms. The number of rotatable bonds is 5. The van der Waals surface area contributed by atoms with Gasteiger partial charge in [-0.25, -0.2) is 9.79 Å². The zero-order valence-electron chi connectivity index (χ0n) is 13.7. The van der Waals surface area contributed by atoms with E-state index in [4.69, 9.17) is 5.11 Å². The number of benzene rings is 1. The lowest BCUT2D eigenvalue weighted by Gasteiger charge is -2.12. The minimum atomic E-state index is -0.987. The molecule has 1 aliphatic heterocycles. The molecule has 130 valence electrons. The molecule has 0 aliphatic carbocycles. The van der Waals surface area contributed by atoms with Crippen LogP contribution in [0.2, 0.25) is 0 Å². The number of aliphatic imine (C=N–C) groups is 1. The van der Waals surface area contributed by atoms with Crippen molar-refractivity contribution in [3.8, 4) is 0 Å². The van der Waals surface area contributed by atoms with E-state index in [0.29, 0.717) is 22.3 Å². The fourth-order valence-electron chi connectivity index (χ4n) is 2.29. The molecule has 2 heterocycles. The Morgan fingerprint density at radius 2 is 2.08 bits per heavy atom. The fourth-order valence-corrected chi connectivity index (χ4v) is 3.29. The Kier molecular flexibility index (Phi) is 5.28. The molecule has 1 N–H and O–H groups in total. The van der Waals surface area contributed by atoms with Gasteiger partial charge in [-0.1, -0.05) is 18.2 Å². The number of pyridine rings is 1. The molecule has 0 radical (unpaired) electrons. The molecule has 1 aromatic heterocycles. The van der Waals surface area contributed by atoms with Crippen LogP contribution < -0.4 is 0 Å². The SMILES string of the molecule is C=CCN1C(=O)C(=Cc2ccc(C(=O)O)cc2)SC1=Nc1cccnc1. The summed E-state index contributed by atoms with van der Waals surface area (Å²) < 4.78 is 0. The number of carbonyl (C=O) groups is 2. The number of aromatic carboxylic acids is 1. The number of hydrogen-bond donors (Lipinski definition) is 1. The first-order valence-electron chi connectivity index (χ1n) is 7.73. The van der Waals surface area contributed by atoms with Gasteiger partial charge in [0.05, 0.1) is 22.4 Å². The van der Waals surface area contributed by atoms with Gasteiger partial charge in [-0.15, -0.1) is 6.58 Å². The average Bonchev–Trinajstić information content (AvgIpc) is 2.92. The van der Waals surface area contributed by atoms with Crippen LogP contribution in [0.3, 0.4) is 0 Å². The molecule has 2 aromatic rings. The van der Waals surface area contributed by atoms with E-state index in [0.717, 1.165) is 5.56 Å². The van der Waals surface area contributed by atoms with Crippen molar-refractivity contribution in [2.75, 3.05) is 6.54 Å². The molecular weight excluding hydrogens is 350 g/mol. The number of carbonyl (C=O) groups excluding carboxylic acids is 1. The number of amidine groups is 1. The van der Waals surface area contributed by atoms with E-state index < -0.39 is 5.97 Å². The quantitative estimate of drug-likeness (QED) is 0.647. The fraction of sp³-hybridized carbons (Fsp3) is 0.0526. The van der Waals surface area contributed by atoms with Crippen LogP contribution in [-0.4, -0.2) is 38.6 Å². The van der Waals surface area contributed by atoms with Gasteiger partial charge in [0.25, 0.3) is 5.91 Å². The third kappa shape index (κ3) is 3.89. The normalized spacial score (nSPS) is 17.1. The van der Waals surface area contributed by atoms with Crippen molar-refractivity contribution < 1.29 is 14.7 Å². The van der Waals surface area contributed by atoms with Crippen LogP contribution in [0.5, 0.6) is 0 Å². The van der Waals surface area contributed by atoms with Crippen LogP contribution in [-0.2, 0) is 4.79 Å². The van der Waals surface area contributed by atoms with E-state index in [1.54, 1.807) is 47.6 Å². The van der Waals surface area contributed by atoms with E-state index in [1.807, 2.05) is 6.07 Å². The van der Waals surface area contributed by atoms with Gasteiger partial charge >= 0.3 is 5.97 Å². The lowest BCUT2D eigenvalue weighted by molar-refractivity contribution is -0.121. The molecule has 26 heavy (non-hydrogen) atoms. The van der Waals surface area contributed by atoms with E-state index in [9.17, 15) is 9.59 Å². The highest BCUT2D eigenvalue weighted by molar-refractivity contribution is 8.18. The van der Waals surface area contributed by atoms with Crippen molar-refractivity contribution in [1.29, 1.82) is 0 Å². The molecule has 3 rings (SSSR count). The maximum atomic E-state index is 12.7. The minimum Gasteiger partial charge on any atom is -0.478 e. The van der Waals surface area contributed by atoms with Gasteiger partial charge in [0.15, 0.2) is 5.17 Å². The van der Waals surface area contributed by atoms with Crippen LogP contribution in [0.1, 0.15) is 15.9 Å². The monoisotopic (exact) mass is 365 g/mol. The van der Waals surface area contributed by atoms with Crippen molar-refractivity contribution >= 4 is 40.6 Å². The van der Waals surface area contributed by atoms with Crippen LogP contribution >= 0.6 is 11.8 Å². The third-order valence-corrected chi connectivity index (χ3v) is 4.53. The number of amides is 1. The largest absolute Gasteiger partial charge is 0.478 e. The molecule has 1 fully saturated rings. The van der Waals surface area contributed by atoms with Crippen molar-refractivity contribution in [3.05, 3.63) is 77.5 Å². The summed E-state index contributed by atoms with van der Waals surface area (Å²) in [6.45, 7) is 4.04. The molecule has 0 unspecified atom stereocenters. The van der Waals surface area contributed by atoms with Gasteiger partial charge < -0.3 is 5.11 Å². The first-order valence-corrected chi connectivity index (χ1v) is 8.54. The zero-order chi connectivity index (χ0) is 18.5. The van der Waals surface area contributed by atoms with Crippen molar-refractivity contribution in [2.24, 2.45) is 4.99 Å². The molecule has 1 amide bonds. The predicted molar refractivity (Wildman–Crippen MR) is 102 cm³/mol. The number of aromatic nitrogens is 1. The third-order valence-electron chi connectivity index (χ3n) is 3.53. The number of carboxylic acids is 1. The van der Waals surface area contributed by atoms with E-state index in [2.05, 4.69) is 16.6 Å². The Balaban J connectivity index is 1.91. The van der Waals surface area contributed by atoms with Gasteiger partial charge in [-0.2, -0.15) is 0 Å². The summed E-state index contributed by atoms with van der Waals surface area (Å²) in [6, 6.07) is 9.93. The van der Waals surface area contributed by atoms with Crippen molar-refractivity contribution in [3.63, 3.8) is 0 Å². The summed E-state index contributed by atoms with van der Waals surface area (Å²) in [5.41, 5.74) is 1.60. The van der Waals surface area contributed by atoms with Gasteiger partial charge in [0, 0.05) is 12.7 Å². The molecule has 0 bridgehead atoms. The molecule has 1 aromatic carbocycles. The molecular formula is C19H15N3O3S. The molecule has 0 saturated carbocycles. The zero-order valence-corrected chi connectivity index (χ0v) is 14.5. The van der Waals surface area contributed by atoms with Gasteiger partial charge in [0.2, 0.25) is 0 Å². The highest BCUT2D eigenvalue weighted by Crippen LogP contribution is 2.33. The van der Waals surface area contributed by atoms with Crippen molar-refractivity contribution in [2.45, 2.75) is 0 Å². The number of hydrogen-bond acceptors (Lipinski definition) is 5. The summed E-state index contributed by atoms with van der Waals surface area (Å²) in [6.07, 6.45) is 6.64. The van der Waals surface area contributed by atoms with E-state index >= 15 is 0 Å². The molecule has 6 nitrogen and oxygen atoms in total. The van der Waals surface area contributed by atoms with Gasteiger partial charge in [-0.3, -0.25) is 14.7 Å². The Morgan fingerprint density at radius 1 is 1.31 bits per heavy atom. The summed E-state index contributed by atoms with van der Waals surface area (Å²) in [5, 5.41) is 9.51. The van der Waals surface area contributed by atoms with E-state index in [1.165, 1.54) is 23.9 Å². The van der Waals surface area contributed by atoms with Crippen LogP contribution in [0.15, 0.2) is 71.3 Å². The maximum absolute atomic E-state index is 12.7. The van der Waals surface area contributed by atoms with Gasteiger partial charge in [-0.05, 0) is 47.7 Å². The first kappa shape index (κ1) is 17.6. The molecule has 1 aliphatic rings. The topological polar surface area (TPSA) is 82.9 Å². The molecule has 0 atom stereocenters. The second kappa shape index (κ2) is 7.79. The van der Waals surface area contributed by atoms with E-state index in [-0.39, 0.29) is 11.5 Å². The van der Waals surface area contributed by atoms with Crippen LogP contribution in [0.25, 0.3) is 6.08 Å². The summed E-state index contributed by atoms with van der Waals surface area (Å²) in [5.74, 6) is -1.15. The van der Waals surface area contributed by atoms with Crippen molar-refractivity contribution in [1.82, 2.24) is 9.88 Å². The lowest BCUT2D eigenvalue weighted by Crippen LogP contribution is -2.29. The van der Waals surface area contributed by atoms with Gasteiger partial charge in [0.1, 0.15) is 0 Å². The summed E-state index contributed by atoms with van der Waals surface area (Å²) in [7, 11) is 0. The lowest BCUT2D eigenvalue weighted by atomic mass is 10.1. The Hall–Kier alpha value is -3.19. The second-order valence-electron chi connectivity index (χ2n) is 5.35. The number of carboxylic acid groups (broad SMARTS) is 1. The summed E-state index contributed by atoms with van der Waals surface area (Å²) in [4.78, 5) is 34.2. The average molecular weight is 365 g/mol. The smallest absolute Gasteiger partial charge is 0.335 e. The standard InChI is InChI=1S/C19H15N3O3S/c1-2-10-22-17(23)16(11-13-5-7-14(8-6-13)18(24)25)26-19(22)21-15-4-3-9-20-12-15/h2-9,11-12H,1,10H2,(H,24,25). The maximum Gasteiger partial charge on any atom is 0.335 e. The Labute approximate surface area is 154 Å². The highest BCUT2D eigenvalue weighted by Gasteiger charge is 2.32. The first-order chi connectivity index (χ1) is 12.6. The van der Waals surface area contributed by atoms with Crippen LogP contribution in [0, 0.1) is 0 Å².